The van der Waals surface area contributed by atoms with Crippen molar-refractivity contribution in [3.63, 3.8) is 0 Å². The van der Waals surface area contributed by atoms with Crippen molar-refractivity contribution >= 4 is 17.2 Å². The second kappa shape index (κ2) is 7.30. The van der Waals surface area contributed by atoms with E-state index in [9.17, 15) is 4.79 Å². The molecule has 2 aliphatic rings. The Labute approximate surface area is 154 Å². The molecule has 1 amide bonds. The van der Waals surface area contributed by atoms with E-state index in [2.05, 4.69) is 27.7 Å². The third-order valence-electron chi connectivity index (χ3n) is 5.77. The lowest BCUT2D eigenvalue weighted by Gasteiger charge is -2.49. The van der Waals surface area contributed by atoms with Crippen molar-refractivity contribution in [1.29, 1.82) is 0 Å². The molecule has 132 valence electrons. The summed E-state index contributed by atoms with van der Waals surface area (Å²) in [6.45, 7) is 3.08. The predicted molar refractivity (Wildman–Crippen MR) is 103 cm³/mol. The number of aryl methyl sites for hydroxylation is 1. The Morgan fingerprint density at radius 3 is 2.60 bits per heavy atom. The fourth-order valence-corrected chi connectivity index (χ4v) is 5.24. The van der Waals surface area contributed by atoms with E-state index in [4.69, 9.17) is 0 Å². The van der Waals surface area contributed by atoms with E-state index in [-0.39, 0.29) is 5.91 Å². The van der Waals surface area contributed by atoms with Crippen LogP contribution in [0.25, 0.3) is 0 Å². The molecule has 4 rings (SSSR count). The number of nitrogens with one attached hydrogen (secondary N) is 1. The van der Waals surface area contributed by atoms with Gasteiger partial charge in [-0.1, -0.05) is 30.7 Å². The van der Waals surface area contributed by atoms with E-state index in [0.29, 0.717) is 18.1 Å². The molecule has 3 heterocycles. The van der Waals surface area contributed by atoms with Gasteiger partial charge in [-0.05, 0) is 55.7 Å². The van der Waals surface area contributed by atoms with Crippen molar-refractivity contribution in [1.82, 2.24) is 10.2 Å². The zero-order valence-electron chi connectivity index (χ0n) is 14.8. The topological polar surface area (TPSA) is 32.3 Å². The molecule has 2 fully saturated rings. The molecular weight excluding hydrogens is 328 g/mol. The number of benzene rings is 1. The number of amides is 1. The van der Waals surface area contributed by atoms with Crippen LogP contribution in [0.5, 0.6) is 0 Å². The smallest absolute Gasteiger partial charge is 0.251 e. The van der Waals surface area contributed by atoms with E-state index in [1.807, 2.05) is 42.5 Å². The van der Waals surface area contributed by atoms with Crippen molar-refractivity contribution in [2.45, 2.75) is 63.7 Å². The van der Waals surface area contributed by atoms with Crippen LogP contribution in [0, 0.1) is 6.92 Å². The Balaban J connectivity index is 1.43. The lowest BCUT2D eigenvalue weighted by molar-refractivity contribution is 0.0184. The summed E-state index contributed by atoms with van der Waals surface area (Å²) in [6.07, 6.45) is 6.02. The minimum atomic E-state index is 0.0906. The number of thiophene rings is 1. The van der Waals surface area contributed by atoms with Crippen LogP contribution in [-0.2, 0) is 6.54 Å². The van der Waals surface area contributed by atoms with Gasteiger partial charge in [0.05, 0.1) is 0 Å². The molecule has 25 heavy (non-hydrogen) atoms. The van der Waals surface area contributed by atoms with Gasteiger partial charge in [0.1, 0.15) is 0 Å². The standard InChI is InChI=1S/C21H26N2OS/c1-15-6-2-3-10-20(15)21(24)22-16-12-17-7-4-8-18(13-16)23(17)14-19-9-5-11-25-19/h2-3,5-6,9-11,16-18H,4,7-8,12-14H2,1H3,(H,22,24)/t16?,17-,18+. The van der Waals surface area contributed by atoms with Crippen LogP contribution in [0.2, 0.25) is 0 Å². The second-order valence-corrected chi connectivity index (χ2v) is 8.48. The molecule has 1 N–H and O–H groups in total. The zero-order chi connectivity index (χ0) is 17.2. The van der Waals surface area contributed by atoms with Crippen molar-refractivity contribution in [3.8, 4) is 0 Å². The van der Waals surface area contributed by atoms with E-state index < -0.39 is 0 Å². The number of carbonyl (C=O) groups is 1. The summed E-state index contributed by atoms with van der Waals surface area (Å²) in [6, 6.07) is 13.8. The van der Waals surface area contributed by atoms with Crippen LogP contribution in [-0.4, -0.2) is 28.9 Å². The fraction of sp³-hybridized carbons (Fsp3) is 0.476. The monoisotopic (exact) mass is 354 g/mol. The minimum Gasteiger partial charge on any atom is -0.349 e. The summed E-state index contributed by atoms with van der Waals surface area (Å²) in [5, 5.41) is 5.49. The molecule has 1 unspecified atom stereocenters. The van der Waals surface area contributed by atoms with Crippen LogP contribution in [0.3, 0.4) is 0 Å². The maximum Gasteiger partial charge on any atom is 0.251 e. The Bertz CT molecular complexity index is 713. The molecule has 2 aliphatic heterocycles. The quantitative estimate of drug-likeness (QED) is 0.884. The molecule has 4 heteroatoms. The van der Waals surface area contributed by atoms with E-state index >= 15 is 0 Å². The third kappa shape index (κ3) is 3.65. The number of rotatable bonds is 4. The van der Waals surface area contributed by atoms with E-state index in [1.165, 1.54) is 24.1 Å². The number of carbonyl (C=O) groups excluding carboxylic acids is 1. The number of hydrogen-bond donors (Lipinski definition) is 1. The first-order valence-corrected chi connectivity index (χ1v) is 10.2. The highest BCUT2D eigenvalue weighted by molar-refractivity contribution is 7.09. The van der Waals surface area contributed by atoms with Crippen molar-refractivity contribution in [2.75, 3.05) is 0 Å². The van der Waals surface area contributed by atoms with Gasteiger partial charge in [-0.3, -0.25) is 9.69 Å². The summed E-state index contributed by atoms with van der Waals surface area (Å²) in [5.74, 6) is 0.0906. The number of piperidine rings is 2. The molecule has 2 aromatic rings. The summed E-state index contributed by atoms with van der Waals surface area (Å²) in [5.41, 5.74) is 1.86. The molecule has 1 aromatic heterocycles. The van der Waals surface area contributed by atoms with Gasteiger partial charge < -0.3 is 5.32 Å². The molecule has 1 aromatic carbocycles. The van der Waals surface area contributed by atoms with Crippen LogP contribution in [0.15, 0.2) is 41.8 Å². The molecule has 0 spiro atoms. The third-order valence-corrected chi connectivity index (χ3v) is 6.63. The highest BCUT2D eigenvalue weighted by Gasteiger charge is 2.38. The number of hydrogen-bond acceptors (Lipinski definition) is 3. The average Bonchev–Trinajstić information content (AvgIpc) is 3.09. The van der Waals surface area contributed by atoms with Crippen molar-refractivity contribution in [2.24, 2.45) is 0 Å². The van der Waals surface area contributed by atoms with Gasteiger partial charge in [0.15, 0.2) is 0 Å². The first kappa shape index (κ1) is 16.8. The van der Waals surface area contributed by atoms with Crippen LogP contribution in [0.1, 0.15) is 52.9 Å². The summed E-state index contributed by atoms with van der Waals surface area (Å²) >= 11 is 1.85. The number of nitrogens with zero attached hydrogens (tertiary/aromatic N) is 1. The first-order chi connectivity index (χ1) is 12.2. The molecule has 2 saturated heterocycles. The van der Waals surface area contributed by atoms with Crippen molar-refractivity contribution < 1.29 is 4.79 Å². The zero-order valence-corrected chi connectivity index (χ0v) is 15.6. The predicted octanol–water partition coefficient (Wildman–Crippen LogP) is 4.37. The summed E-state index contributed by atoms with van der Waals surface area (Å²) in [4.78, 5) is 16.8. The van der Waals surface area contributed by atoms with Gasteiger partial charge in [0.2, 0.25) is 0 Å². The van der Waals surface area contributed by atoms with Crippen LogP contribution < -0.4 is 5.32 Å². The minimum absolute atomic E-state index is 0.0906. The molecule has 0 radical (unpaired) electrons. The Morgan fingerprint density at radius 2 is 1.92 bits per heavy atom. The Kier molecular flexibility index (Phi) is 4.91. The van der Waals surface area contributed by atoms with Crippen LogP contribution >= 0.6 is 11.3 Å². The highest BCUT2D eigenvalue weighted by atomic mass is 32.1. The molecule has 2 bridgehead atoms. The average molecular weight is 355 g/mol. The highest BCUT2D eigenvalue weighted by Crippen LogP contribution is 2.35. The fourth-order valence-electron chi connectivity index (χ4n) is 4.53. The van der Waals surface area contributed by atoms with Gasteiger partial charge >= 0.3 is 0 Å². The van der Waals surface area contributed by atoms with Gasteiger partial charge in [0, 0.05) is 35.1 Å². The van der Waals surface area contributed by atoms with E-state index in [0.717, 1.165) is 30.5 Å². The normalized spacial score (nSPS) is 26.4. The lowest BCUT2D eigenvalue weighted by Crippen LogP contribution is -2.56. The number of fused-ring (bicyclic) bond motifs is 2. The molecule has 3 nitrogen and oxygen atoms in total. The molecule has 3 atom stereocenters. The molecule has 0 saturated carbocycles. The van der Waals surface area contributed by atoms with Gasteiger partial charge in [-0.2, -0.15) is 0 Å². The molecular formula is C21H26N2OS. The van der Waals surface area contributed by atoms with Gasteiger partial charge in [-0.25, -0.2) is 0 Å². The van der Waals surface area contributed by atoms with Gasteiger partial charge in [-0.15, -0.1) is 11.3 Å². The Morgan fingerprint density at radius 1 is 1.16 bits per heavy atom. The van der Waals surface area contributed by atoms with Crippen molar-refractivity contribution in [3.05, 3.63) is 57.8 Å². The maximum atomic E-state index is 12.7. The first-order valence-electron chi connectivity index (χ1n) is 9.35. The summed E-state index contributed by atoms with van der Waals surface area (Å²) in [7, 11) is 0. The lowest BCUT2D eigenvalue weighted by atomic mass is 9.81. The Hall–Kier alpha value is -1.65. The second-order valence-electron chi connectivity index (χ2n) is 7.45. The van der Waals surface area contributed by atoms with E-state index in [1.54, 1.807) is 0 Å². The van der Waals surface area contributed by atoms with Gasteiger partial charge in [0.25, 0.3) is 5.91 Å². The summed E-state index contributed by atoms with van der Waals surface area (Å²) < 4.78 is 0. The molecule has 0 aliphatic carbocycles. The SMILES string of the molecule is Cc1ccccc1C(=O)NC1C[C@H]2CCC[C@@H](C1)N2Cc1cccs1. The largest absolute Gasteiger partial charge is 0.349 e. The maximum absolute atomic E-state index is 12.7. The van der Waals surface area contributed by atoms with Crippen LogP contribution in [0.4, 0.5) is 0 Å².